The number of aromatic nitrogens is 2. The summed E-state index contributed by atoms with van der Waals surface area (Å²) in [6.45, 7) is 0.570. The molecule has 0 atom stereocenters. The van der Waals surface area contributed by atoms with Crippen molar-refractivity contribution in [2.75, 3.05) is 6.54 Å². The summed E-state index contributed by atoms with van der Waals surface area (Å²) in [5.41, 5.74) is 6.13. The van der Waals surface area contributed by atoms with Gasteiger partial charge in [0.1, 0.15) is 0 Å². The second kappa shape index (κ2) is 5.69. The van der Waals surface area contributed by atoms with E-state index in [4.69, 9.17) is 18.0 Å². The lowest BCUT2D eigenvalue weighted by Crippen LogP contribution is -2.47. The van der Waals surface area contributed by atoms with Crippen LogP contribution in [-0.2, 0) is 18.3 Å². The molecule has 19 heavy (non-hydrogen) atoms. The van der Waals surface area contributed by atoms with Crippen LogP contribution in [-0.4, -0.2) is 27.2 Å². The van der Waals surface area contributed by atoms with Crippen molar-refractivity contribution in [3.05, 3.63) is 18.0 Å². The first-order valence-corrected chi connectivity index (χ1v) is 7.02. The van der Waals surface area contributed by atoms with E-state index in [1.807, 2.05) is 19.3 Å². The molecule has 6 heteroatoms. The summed E-state index contributed by atoms with van der Waals surface area (Å²) >= 11 is 5.09. The zero-order chi connectivity index (χ0) is 13.9. The molecule has 1 aromatic rings. The number of hydrogen-bond acceptors (Lipinski definition) is 3. The van der Waals surface area contributed by atoms with E-state index in [9.17, 15) is 4.79 Å². The second-order valence-electron chi connectivity index (χ2n) is 5.14. The Hall–Kier alpha value is -1.43. The molecule has 0 radical (unpaired) electrons. The van der Waals surface area contributed by atoms with E-state index in [-0.39, 0.29) is 5.91 Å². The molecule has 0 aliphatic heterocycles. The molecule has 0 bridgehead atoms. The molecule has 1 saturated carbocycles. The fraction of sp³-hybridized carbons (Fsp3) is 0.615. The Kier molecular flexibility index (Phi) is 4.19. The molecule has 0 saturated heterocycles. The molecule has 3 N–H and O–H groups in total. The van der Waals surface area contributed by atoms with E-state index in [1.165, 1.54) is 0 Å². The van der Waals surface area contributed by atoms with Crippen LogP contribution in [0.4, 0.5) is 0 Å². The number of amides is 1. The lowest BCUT2D eigenvalue weighted by molar-refractivity contribution is -0.127. The molecular formula is C13H20N4OS. The number of nitrogens with one attached hydrogen (secondary N) is 1. The minimum atomic E-state index is -0.612. The highest BCUT2D eigenvalue weighted by Gasteiger charge is 2.43. The summed E-state index contributed by atoms with van der Waals surface area (Å²) in [4.78, 5) is 12.6. The Labute approximate surface area is 118 Å². The Morgan fingerprint density at radius 1 is 1.58 bits per heavy atom. The molecule has 1 aliphatic carbocycles. The summed E-state index contributed by atoms with van der Waals surface area (Å²) in [6, 6.07) is 1.95. The van der Waals surface area contributed by atoms with Crippen molar-refractivity contribution in [3.8, 4) is 0 Å². The third kappa shape index (κ3) is 2.94. The Morgan fingerprint density at radius 3 is 2.79 bits per heavy atom. The van der Waals surface area contributed by atoms with E-state index >= 15 is 0 Å². The van der Waals surface area contributed by atoms with Gasteiger partial charge in [0, 0.05) is 26.2 Å². The molecule has 5 nitrogen and oxygen atoms in total. The Morgan fingerprint density at radius 2 is 2.26 bits per heavy atom. The van der Waals surface area contributed by atoms with Gasteiger partial charge in [-0.25, -0.2) is 0 Å². The third-order valence-corrected chi connectivity index (χ3v) is 4.19. The topological polar surface area (TPSA) is 72.9 Å². The van der Waals surface area contributed by atoms with Crippen LogP contribution in [0.3, 0.4) is 0 Å². The molecule has 0 spiro atoms. The van der Waals surface area contributed by atoms with Crippen molar-refractivity contribution in [1.82, 2.24) is 15.1 Å². The number of hydrogen-bond donors (Lipinski definition) is 2. The molecule has 1 aliphatic rings. The maximum absolute atomic E-state index is 12.3. The predicted molar refractivity (Wildman–Crippen MR) is 77.6 cm³/mol. The quantitative estimate of drug-likeness (QED) is 0.787. The average Bonchev–Trinajstić information content (AvgIpc) is 2.98. The smallest absolute Gasteiger partial charge is 0.233 e. The van der Waals surface area contributed by atoms with Crippen molar-refractivity contribution in [3.63, 3.8) is 0 Å². The normalized spacial score (nSPS) is 17.3. The molecule has 1 heterocycles. The van der Waals surface area contributed by atoms with Crippen molar-refractivity contribution < 1.29 is 4.79 Å². The maximum atomic E-state index is 12.3. The van der Waals surface area contributed by atoms with Gasteiger partial charge in [0.05, 0.1) is 16.1 Å². The Bertz CT molecular complexity index is 477. The standard InChI is InChI=1S/C13H20N4OS/c1-17-9-5-10(16-17)4-8-15-12(18)13(11(14)19)6-2-3-7-13/h5,9H,2-4,6-8H2,1H3,(H2,14,19)(H,15,18). The first kappa shape index (κ1) is 14.0. The fourth-order valence-corrected chi connectivity index (χ4v) is 2.93. The monoisotopic (exact) mass is 280 g/mol. The lowest BCUT2D eigenvalue weighted by atomic mass is 9.85. The molecular weight excluding hydrogens is 260 g/mol. The molecule has 0 aromatic carbocycles. The lowest BCUT2D eigenvalue weighted by Gasteiger charge is -2.26. The number of aryl methyl sites for hydroxylation is 1. The minimum Gasteiger partial charge on any atom is -0.392 e. The fourth-order valence-electron chi connectivity index (χ4n) is 2.63. The highest BCUT2D eigenvalue weighted by molar-refractivity contribution is 7.80. The van der Waals surface area contributed by atoms with Crippen molar-refractivity contribution in [2.24, 2.45) is 18.2 Å². The Balaban J connectivity index is 1.88. The third-order valence-electron chi connectivity index (χ3n) is 3.80. The minimum absolute atomic E-state index is 0.0200. The van der Waals surface area contributed by atoms with Gasteiger partial charge < -0.3 is 11.1 Å². The van der Waals surface area contributed by atoms with E-state index in [0.717, 1.165) is 37.8 Å². The van der Waals surface area contributed by atoms with E-state index in [0.29, 0.717) is 11.5 Å². The summed E-state index contributed by atoms with van der Waals surface area (Å²) in [5.74, 6) is -0.0200. The van der Waals surface area contributed by atoms with Gasteiger partial charge in [0.25, 0.3) is 0 Å². The van der Waals surface area contributed by atoms with Crippen LogP contribution < -0.4 is 11.1 Å². The maximum Gasteiger partial charge on any atom is 0.233 e. The van der Waals surface area contributed by atoms with Crippen molar-refractivity contribution >= 4 is 23.1 Å². The van der Waals surface area contributed by atoms with E-state index in [1.54, 1.807) is 4.68 Å². The van der Waals surface area contributed by atoms with E-state index in [2.05, 4.69) is 10.4 Å². The molecule has 1 aromatic heterocycles. The van der Waals surface area contributed by atoms with Crippen LogP contribution in [0.25, 0.3) is 0 Å². The number of rotatable bonds is 5. The van der Waals surface area contributed by atoms with Gasteiger partial charge in [-0.05, 0) is 18.9 Å². The van der Waals surface area contributed by atoms with Gasteiger partial charge in [-0.15, -0.1) is 0 Å². The van der Waals surface area contributed by atoms with Crippen molar-refractivity contribution in [1.29, 1.82) is 0 Å². The van der Waals surface area contributed by atoms with Gasteiger partial charge >= 0.3 is 0 Å². The van der Waals surface area contributed by atoms with Gasteiger partial charge in [-0.2, -0.15) is 5.10 Å². The average molecular weight is 280 g/mol. The van der Waals surface area contributed by atoms with E-state index < -0.39 is 5.41 Å². The van der Waals surface area contributed by atoms with Gasteiger partial charge in [0.15, 0.2) is 0 Å². The van der Waals surface area contributed by atoms with Gasteiger partial charge in [-0.3, -0.25) is 9.48 Å². The molecule has 104 valence electrons. The zero-order valence-corrected chi connectivity index (χ0v) is 12.0. The summed E-state index contributed by atoms with van der Waals surface area (Å²) in [5, 5.41) is 7.22. The first-order chi connectivity index (χ1) is 9.04. The largest absolute Gasteiger partial charge is 0.392 e. The zero-order valence-electron chi connectivity index (χ0n) is 11.2. The van der Waals surface area contributed by atoms with Crippen molar-refractivity contribution in [2.45, 2.75) is 32.1 Å². The molecule has 2 rings (SSSR count). The second-order valence-corrected chi connectivity index (χ2v) is 5.58. The van der Waals surface area contributed by atoms with Crippen LogP contribution in [0.1, 0.15) is 31.4 Å². The molecule has 1 amide bonds. The number of carbonyl (C=O) groups excluding carboxylic acids is 1. The first-order valence-electron chi connectivity index (χ1n) is 6.61. The number of carbonyl (C=O) groups is 1. The van der Waals surface area contributed by atoms with Crippen LogP contribution in [0.5, 0.6) is 0 Å². The summed E-state index contributed by atoms with van der Waals surface area (Å²) in [6.07, 6.45) is 6.20. The van der Waals surface area contributed by atoms with Crippen LogP contribution >= 0.6 is 12.2 Å². The SMILES string of the molecule is Cn1ccc(CCNC(=O)C2(C(N)=S)CCCC2)n1. The molecule has 0 unspecified atom stereocenters. The number of nitrogens with two attached hydrogens (primary N) is 1. The summed E-state index contributed by atoms with van der Waals surface area (Å²) < 4.78 is 1.75. The predicted octanol–water partition coefficient (Wildman–Crippen LogP) is 0.925. The number of nitrogens with zero attached hydrogens (tertiary/aromatic N) is 2. The van der Waals surface area contributed by atoms with Gasteiger partial charge in [-0.1, -0.05) is 25.1 Å². The van der Waals surface area contributed by atoms with Crippen LogP contribution in [0, 0.1) is 5.41 Å². The molecule has 1 fully saturated rings. The summed E-state index contributed by atoms with van der Waals surface area (Å²) in [7, 11) is 1.88. The van der Waals surface area contributed by atoms with Crippen LogP contribution in [0.15, 0.2) is 12.3 Å². The highest BCUT2D eigenvalue weighted by atomic mass is 32.1. The highest BCUT2D eigenvalue weighted by Crippen LogP contribution is 2.38. The van der Waals surface area contributed by atoms with Gasteiger partial charge in [0.2, 0.25) is 5.91 Å². The van der Waals surface area contributed by atoms with Crippen LogP contribution in [0.2, 0.25) is 0 Å². The number of thiocarbonyl (C=S) groups is 1.